The zero-order valence-electron chi connectivity index (χ0n) is 11.5. The van der Waals surface area contributed by atoms with Gasteiger partial charge in [0, 0.05) is 10.9 Å². The Labute approximate surface area is 137 Å². The Morgan fingerprint density at radius 3 is 2.67 bits per heavy atom. The van der Waals surface area contributed by atoms with E-state index in [9.17, 15) is 4.39 Å². The highest BCUT2D eigenvalue weighted by Gasteiger charge is 2.10. The highest BCUT2D eigenvalue weighted by molar-refractivity contribution is 9.08. The van der Waals surface area contributed by atoms with Crippen LogP contribution in [0.5, 0.6) is 11.5 Å². The third-order valence-electron chi connectivity index (χ3n) is 2.88. The Bertz CT molecular complexity index is 619. The van der Waals surface area contributed by atoms with E-state index in [1.54, 1.807) is 12.1 Å². The molecule has 0 saturated heterocycles. The van der Waals surface area contributed by atoms with Crippen molar-refractivity contribution in [2.24, 2.45) is 0 Å². The Morgan fingerprint density at radius 2 is 1.95 bits per heavy atom. The van der Waals surface area contributed by atoms with Crippen molar-refractivity contribution in [3.8, 4) is 11.5 Å². The molecule has 0 radical (unpaired) electrons. The average Bonchev–Trinajstić information content (AvgIpc) is 2.50. The van der Waals surface area contributed by atoms with Gasteiger partial charge in [0.1, 0.15) is 12.4 Å². The predicted molar refractivity (Wildman–Crippen MR) is 86.0 cm³/mol. The van der Waals surface area contributed by atoms with Gasteiger partial charge in [-0.05, 0) is 30.7 Å². The fourth-order valence-corrected chi connectivity index (χ4v) is 2.38. The summed E-state index contributed by atoms with van der Waals surface area (Å²) in [5, 5.41) is 0.826. The molecule has 0 fully saturated rings. The first kappa shape index (κ1) is 16.1. The quantitative estimate of drug-likeness (QED) is 0.635. The monoisotopic (exact) mass is 372 g/mol. The summed E-state index contributed by atoms with van der Waals surface area (Å²) in [7, 11) is 0. The Hall–Kier alpha value is -1.26. The average molecular weight is 374 g/mol. The fraction of sp³-hybridized carbons (Fsp3) is 0.250. The summed E-state index contributed by atoms with van der Waals surface area (Å²) in [6.07, 6.45) is 0. The van der Waals surface area contributed by atoms with E-state index in [4.69, 9.17) is 21.1 Å². The van der Waals surface area contributed by atoms with Crippen LogP contribution in [0.15, 0.2) is 36.4 Å². The Kier molecular flexibility index (Phi) is 5.88. The molecule has 21 heavy (non-hydrogen) atoms. The second kappa shape index (κ2) is 7.66. The molecular weight excluding hydrogens is 359 g/mol. The summed E-state index contributed by atoms with van der Waals surface area (Å²) in [5.74, 6) is 0.784. The van der Waals surface area contributed by atoms with E-state index in [2.05, 4.69) is 15.9 Å². The van der Waals surface area contributed by atoms with Crippen LogP contribution in [-0.4, -0.2) is 6.61 Å². The summed E-state index contributed by atoms with van der Waals surface area (Å²) in [6.45, 7) is 2.54. The Balaban J connectivity index is 2.17. The zero-order valence-corrected chi connectivity index (χ0v) is 13.9. The molecule has 0 N–H and O–H groups in total. The maximum absolute atomic E-state index is 13.8. The van der Waals surface area contributed by atoms with Crippen LogP contribution in [0.2, 0.25) is 5.02 Å². The normalized spacial score (nSPS) is 10.5. The van der Waals surface area contributed by atoms with Crippen LogP contribution < -0.4 is 9.47 Å². The summed E-state index contributed by atoms with van der Waals surface area (Å²) in [6, 6.07) is 10.5. The number of halogens is 3. The van der Waals surface area contributed by atoms with Crippen LogP contribution >= 0.6 is 27.5 Å². The number of ether oxygens (including phenoxy) is 2. The zero-order chi connectivity index (χ0) is 15.2. The molecule has 0 amide bonds. The molecule has 5 heteroatoms. The highest BCUT2D eigenvalue weighted by atomic mass is 79.9. The van der Waals surface area contributed by atoms with Crippen molar-refractivity contribution in [1.29, 1.82) is 0 Å². The second-order valence-electron chi connectivity index (χ2n) is 4.35. The number of hydrogen-bond acceptors (Lipinski definition) is 2. The first-order valence-corrected chi connectivity index (χ1v) is 8.03. The maximum Gasteiger partial charge on any atom is 0.161 e. The molecule has 0 heterocycles. The van der Waals surface area contributed by atoms with E-state index in [0.717, 1.165) is 10.9 Å². The Morgan fingerprint density at radius 1 is 1.14 bits per heavy atom. The van der Waals surface area contributed by atoms with Gasteiger partial charge in [0.15, 0.2) is 11.5 Å². The molecular formula is C16H15BrClFO2. The van der Waals surface area contributed by atoms with Crippen LogP contribution in [0.3, 0.4) is 0 Å². The third kappa shape index (κ3) is 4.11. The number of hydrogen-bond donors (Lipinski definition) is 0. The van der Waals surface area contributed by atoms with Crippen LogP contribution in [0.4, 0.5) is 4.39 Å². The van der Waals surface area contributed by atoms with Gasteiger partial charge in [-0.2, -0.15) is 0 Å². The third-order valence-corrected chi connectivity index (χ3v) is 3.82. The molecule has 0 bridgehead atoms. The van der Waals surface area contributed by atoms with Gasteiger partial charge in [0.05, 0.1) is 11.6 Å². The van der Waals surface area contributed by atoms with Crippen LogP contribution in [-0.2, 0) is 11.9 Å². The molecule has 0 saturated carbocycles. The molecule has 2 nitrogen and oxygen atoms in total. The first-order valence-electron chi connectivity index (χ1n) is 6.53. The highest BCUT2D eigenvalue weighted by Crippen LogP contribution is 2.30. The van der Waals surface area contributed by atoms with E-state index < -0.39 is 5.82 Å². The summed E-state index contributed by atoms with van der Waals surface area (Å²) in [4.78, 5) is 0. The van der Waals surface area contributed by atoms with E-state index >= 15 is 0 Å². The summed E-state index contributed by atoms with van der Waals surface area (Å²) >= 11 is 9.16. The van der Waals surface area contributed by atoms with Crippen molar-refractivity contribution >= 4 is 27.5 Å². The SMILES string of the molecule is CCOc1cc(CBr)ccc1OCc1cccc(Cl)c1F. The maximum atomic E-state index is 13.8. The smallest absolute Gasteiger partial charge is 0.161 e. The standard InChI is InChI=1S/C16H15BrClFO2/c1-2-20-15-8-11(9-17)6-7-14(15)21-10-12-4-3-5-13(18)16(12)19/h3-8H,2,9-10H2,1H3. The molecule has 2 aromatic rings. The molecule has 2 aromatic carbocycles. The van der Waals surface area contributed by atoms with Gasteiger partial charge < -0.3 is 9.47 Å². The molecule has 0 aliphatic rings. The van der Waals surface area contributed by atoms with Crippen molar-refractivity contribution in [1.82, 2.24) is 0 Å². The largest absolute Gasteiger partial charge is 0.490 e. The van der Waals surface area contributed by atoms with Crippen molar-refractivity contribution < 1.29 is 13.9 Å². The fourth-order valence-electron chi connectivity index (χ4n) is 1.84. The lowest BCUT2D eigenvalue weighted by molar-refractivity contribution is 0.265. The van der Waals surface area contributed by atoms with Gasteiger partial charge in [0.25, 0.3) is 0 Å². The number of benzene rings is 2. The van der Waals surface area contributed by atoms with Crippen molar-refractivity contribution in [3.63, 3.8) is 0 Å². The predicted octanol–water partition coefficient (Wildman–Crippen LogP) is 5.35. The summed E-state index contributed by atoms with van der Waals surface area (Å²) in [5.41, 5.74) is 1.49. The van der Waals surface area contributed by atoms with Crippen molar-refractivity contribution in [2.45, 2.75) is 18.9 Å². The van der Waals surface area contributed by atoms with Gasteiger partial charge in [-0.1, -0.05) is 45.7 Å². The minimum absolute atomic E-state index is 0.0933. The van der Waals surface area contributed by atoms with Gasteiger partial charge in [-0.25, -0.2) is 4.39 Å². The molecule has 0 atom stereocenters. The van der Waals surface area contributed by atoms with Gasteiger partial charge in [-0.3, -0.25) is 0 Å². The number of alkyl halides is 1. The molecule has 112 valence electrons. The molecule has 0 spiro atoms. The van der Waals surface area contributed by atoms with E-state index in [-0.39, 0.29) is 11.6 Å². The van der Waals surface area contributed by atoms with Crippen LogP contribution in [0.1, 0.15) is 18.1 Å². The minimum Gasteiger partial charge on any atom is -0.490 e. The van der Waals surface area contributed by atoms with Gasteiger partial charge in [-0.15, -0.1) is 0 Å². The first-order chi connectivity index (χ1) is 10.2. The molecule has 0 aromatic heterocycles. The van der Waals surface area contributed by atoms with E-state index in [1.165, 1.54) is 6.07 Å². The lowest BCUT2D eigenvalue weighted by atomic mass is 10.2. The molecule has 0 aliphatic heterocycles. The molecule has 0 unspecified atom stereocenters. The molecule has 0 aliphatic carbocycles. The van der Waals surface area contributed by atoms with Crippen LogP contribution in [0, 0.1) is 5.82 Å². The van der Waals surface area contributed by atoms with Gasteiger partial charge in [0.2, 0.25) is 0 Å². The lowest BCUT2D eigenvalue weighted by Crippen LogP contribution is -2.02. The summed E-state index contributed by atoms with van der Waals surface area (Å²) < 4.78 is 25.1. The van der Waals surface area contributed by atoms with Gasteiger partial charge >= 0.3 is 0 Å². The van der Waals surface area contributed by atoms with Crippen molar-refractivity contribution in [3.05, 3.63) is 58.4 Å². The lowest BCUT2D eigenvalue weighted by Gasteiger charge is -2.13. The van der Waals surface area contributed by atoms with Crippen LogP contribution in [0.25, 0.3) is 0 Å². The topological polar surface area (TPSA) is 18.5 Å². The second-order valence-corrected chi connectivity index (χ2v) is 5.32. The van der Waals surface area contributed by atoms with E-state index in [1.807, 2.05) is 25.1 Å². The minimum atomic E-state index is -0.450. The van der Waals surface area contributed by atoms with Crippen molar-refractivity contribution in [2.75, 3.05) is 6.61 Å². The van der Waals surface area contributed by atoms with E-state index in [0.29, 0.717) is 23.7 Å². The number of rotatable bonds is 6. The molecule has 2 rings (SSSR count).